The first-order valence-electron chi connectivity index (χ1n) is 4.59. The molecule has 5 nitrogen and oxygen atoms in total. The van der Waals surface area contributed by atoms with Crippen LogP contribution >= 0.6 is 0 Å². The Morgan fingerprint density at radius 3 is 2.79 bits per heavy atom. The van der Waals surface area contributed by atoms with Gasteiger partial charge in [0.05, 0.1) is 6.20 Å². The normalized spacial score (nSPS) is 17.1. The lowest BCUT2D eigenvalue weighted by atomic mass is 10.1. The van der Waals surface area contributed by atoms with E-state index in [1.165, 1.54) is 11.8 Å². The number of hydrogen-bond acceptors (Lipinski definition) is 3. The third kappa shape index (κ3) is 1.66. The third-order valence-corrected chi connectivity index (χ3v) is 2.39. The SMILES string of the molecule is C=C1CCN(C(=O)c2cn[nH]n2)CC1. The number of likely N-dealkylation sites (tertiary alicyclic amines) is 1. The van der Waals surface area contributed by atoms with E-state index in [0.717, 1.165) is 25.9 Å². The van der Waals surface area contributed by atoms with Gasteiger partial charge in [-0.25, -0.2) is 0 Å². The molecule has 5 heteroatoms. The van der Waals surface area contributed by atoms with E-state index in [1.807, 2.05) is 0 Å². The molecule has 0 aliphatic carbocycles. The maximum Gasteiger partial charge on any atom is 0.276 e. The van der Waals surface area contributed by atoms with Gasteiger partial charge in [0.15, 0.2) is 5.69 Å². The van der Waals surface area contributed by atoms with Crippen molar-refractivity contribution in [3.05, 3.63) is 24.0 Å². The van der Waals surface area contributed by atoms with Crippen LogP contribution in [0.5, 0.6) is 0 Å². The van der Waals surface area contributed by atoms with Crippen molar-refractivity contribution in [2.24, 2.45) is 0 Å². The van der Waals surface area contributed by atoms with Gasteiger partial charge in [0.2, 0.25) is 0 Å². The van der Waals surface area contributed by atoms with E-state index < -0.39 is 0 Å². The van der Waals surface area contributed by atoms with Gasteiger partial charge in [0.1, 0.15) is 0 Å². The molecular weight excluding hydrogens is 180 g/mol. The first-order valence-corrected chi connectivity index (χ1v) is 4.59. The van der Waals surface area contributed by atoms with Gasteiger partial charge >= 0.3 is 0 Å². The van der Waals surface area contributed by atoms with Crippen LogP contribution in [0.25, 0.3) is 0 Å². The molecule has 1 fully saturated rings. The molecule has 1 aromatic heterocycles. The molecule has 0 atom stereocenters. The van der Waals surface area contributed by atoms with E-state index in [1.54, 1.807) is 4.90 Å². The number of nitrogens with one attached hydrogen (secondary N) is 1. The number of carbonyl (C=O) groups is 1. The monoisotopic (exact) mass is 192 g/mol. The van der Waals surface area contributed by atoms with Crippen molar-refractivity contribution in [2.45, 2.75) is 12.8 Å². The average molecular weight is 192 g/mol. The van der Waals surface area contributed by atoms with Crippen molar-refractivity contribution >= 4 is 5.91 Å². The zero-order chi connectivity index (χ0) is 9.97. The van der Waals surface area contributed by atoms with E-state index in [9.17, 15) is 4.79 Å². The molecule has 2 rings (SSSR count). The summed E-state index contributed by atoms with van der Waals surface area (Å²) in [4.78, 5) is 13.5. The summed E-state index contributed by atoms with van der Waals surface area (Å²) in [7, 11) is 0. The summed E-state index contributed by atoms with van der Waals surface area (Å²) in [6, 6.07) is 0. The minimum atomic E-state index is -0.0498. The number of piperidine rings is 1. The molecule has 0 aromatic carbocycles. The first-order chi connectivity index (χ1) is 6.77. The lowest BCUT2D eigenvalue weighted by Gasteiger charge is -2.27. The van der Waals surface area contributed by atoms with Crippen molar-refractivity contribution in [1.82, 2.24) is 20.3 Å². The van der Waals surface area contributed by atoms with E-state index >= 15 is 0 Å². The van der Waals surface area contributed by atoms with E-state index in [2.05, 4.69) is 22.0 Å². The van der Waals surface area contributed by atoms with Crippen LogP contribution in [0.15, 0.2) is 18.3 Å². The minimum absolute atomic E-state index is 0.0498. The Morgan fingerprint density at radius 2 is 2.21 bits per heavy atom. The molecule has 0 radical (unpaired) electrons. The second-order valence-corrected chi connectivity index (χ2v) is 3.40. The molecule has 0 spiro atoms. The quantitative estimate of drug-likeness (QED) is 0.663. The third-order valence-electron chi connectivity index (χ3n) is 2.39. The minimum Gasteiger partial charge on any atom is -0.337 e. The summed E-state index contributed by atoms with van der Waals surface area (Å²) >= 11 is 0. The Hall–Kier alpha value is -1.65. The molecule has 1 saturated heterocycles. The molecule has 1 N–H and O–H groups in total. The smallest absolute Gasteiger partial charge is 0.276 e. The van der Waals surface area contributed by atoms with Gasteiger partial charge in [-0.2, -0.15) is 15.4 Å². The first kappa shape index (κ1) is 8.93. The summed E-state index contributed by atoms with van der Waals surface area (Å²) in [6.45, 7) is 5.38. The van der Waals surface area contributed by atoms with Gasteiger partial charge < -0.3 is 4.90 Å². The Bertz CT molecular complexity index is 334. The Labute approximate surface area is 81.8 Å². The maximum atomic E-state index is 11.7. The standard InChI is InChI=1S/C9H12N4O/c1-7-2-4-13(5-3-7)9(14)8-6-10-12-11-8/h6H,1-5H2,(H,10,11,12). The van der Waals surface area contributed by atoms with Gasteiger partial charge in [-0.3, -0.25) is 4.79 Å². The second kappa shape index (κ2) is 3.61. The Morgan fingerprint density at radius 1 is 1.50 bits per heavy atom. The highest BCUT2D eigenvalue weighted by molar-refractivity contribution is 5.91. The second-order valence-electron chi connectivity index (χ2n) is 3.40. The number of rotatable bonds is 1. The van der Waals surface area contributed by atoms with Crippen molar-refractivity contribution in [3.63, 3.8) is 0 Å². The number of aromatic nitrogens is 3. The molecule has 0 unspecified atom stereocenters. The Kier molecular flexibility index (Phi) is 2.30. The fourth-order valence-corrected chi connectivity index (χ4v) is 1.49. The highest BCUT2D eigenvalue weighted by Gasteiger charge is 2.20. The molecule has 1 amide bonds. The largest absolute Gasteiger partial charge is 0.337 e. The van der Waals surface area contributed by atoms with Crippen LogP contribution in [0.4, 0.5) is 0 Å². The molecule has 2 heterocycles. The van der Waals surface area contributed by atoms with E-state index in [-0.39, 0.29) is 5.91 Å². The van der Waals surface area contributed by atoms with Gasteiger partial charge in [-0.05, 0) is 12.8 Å². The molecule has 74 valence electrons. The highest BCUT2D eigenvalue weighted by Crippen LogP contribution is 2.15. The van der Waals surface area contributed by atoms with Crippen LogP contribution in [-0.2, 0) is 0 Å². The summed E-state index contributed by atoms with van der Waals surface area (Å²) < 4.78 is 0. The fraction of sp³-hybridized carbons (Fsp3) is 0.444. The molecule has 1 aromatic rings. The predicted octanol–water partition coefficient (Wildman–Crippen LogP) is 0.597. The summed E-state index contributed by atoms with van der Waals surface area (Å²) in [5.74, 6) is -0.0498. The number of aromatic amines is 1. The van der Waals surface area contributed by atoms with Crippen LogP contribution in [0, 0.1) is 0 Å². The summed E-state index contributed by atoms with van der Waals surface area (Å²) in [5, 5.41) is 9.81. The summed E-state index contributed by atoms with van der Waals surface area (Å²) in [5.41, 5.74) is 1.60. The molecule has 0 saturated carbocycles. The number of nitrogens with zero attached hydrogens (tertiary/aromatic N) is 3. The molecule has 14 heavy (non-hydrogen) atoms. The van der Waals surface area contributed by atoms with E-state index in [4.69, 9.17) is 0 Å². The molecular formula is C9H12N4O. The highest BCUT2D eigenvalue weighted by atomic mass is 16.2. The van der Waals surface area contributed by atoms with Gasteiger partial charge in [0.25, 0.3) is 5.91 Å². The van der Waals surface area contributed by atoms with Crippen molar-refractivity contribution in [2.75, 3.05) is 13.1 Å². The van der Waals surface area contributed by atoms with Crippen molar-refractivity contribution < 1.29 is 4.79 Å². The number of carbonyl (C=O) groups excluding carboxylic acids is 1. The molecule has 0 bridgehead atoms. The lowest BCUT2D eigenvalue weighted by molar-refractivity contribution is 0.0738. The number of hydrogen-bond donors (Lipinski definition) is 1. The van der Waals surface area contributed by atoms with Crippen LogP contribution in [0.1, 0.15) is 23.3 Å². The fourth-order valence-electron chi connectivity index (χ4n) is 1.49. The molecule has 1 aliphatic heterocycles. The van der Waals surface area contributed by atoms with Crippen LogP contribution in [-0.4, -0.2) is 39.3 Å². The lowest BCUT2D eigenvalue weighted by Crippen LogP contribution is -2.36. The van der Waals surface area contributed by atoms with Crippen molar-refractivity contribution in [1.29, 1.82) is 0 Å². The zero-order valence-corrected chi connectivity index (χ0v) is 7.86. The summed E-state index contributed by atoms with van der Waals surface area (Å²) in [6.07, 6.45) is 3.24. The van der Waals surface area contributed by atoms with Gasteiger partial charge in [-0.1, -0.05) is 12.2 Å². The Balaban J connectivity index is 2.03. The van der Waals surface area contributed by atoms with Crippen LogP contribution < -0.4 is 0 Å². The van der Waals surface area contributed by atoms with Gasteiger partial charge in [0, 0.05) is 13.1 Å². The maximum absolute atomic E-state index is 11.7. The van der Waals surface area contributed by atoms with Crippen LogP contribution in [0.2, 0.25) is 0 Å². The number of amides is 1. The van der Waals surface area contributed by atoms with E-state index in [0.29, 0.717) is 5.69 Å². The average Bonchev–Trinajstić information content (AvgIpc) is 2.71. The number of H-pyrrole nitrogens is 1. The zero-order valence-electron chi connectivity index (χ0n) is 7.86. The van der Waals surface area contributed by atoms with Crippen molar-refractivity contribution in [3.8, 4) is 0 Å². The van der Waals surface area contributed by atoms with Gasteiger partial charge in [-0.15, -0.1) is 0 Å². The predicted molar refractivity (Wildman–Crippen MR) is 50.7 cm³/mol. The topological polar surface area (TPSA) is 61.9 Å². The molecule has 1 aliphatic rings. The van der Waals surface area contributed by atoms with Crippen LogP contribution in [0.3, 0.4) is 0 Å².